The van der Waals surface area contributed by atoms with E-state index in [0.717, 1.165) is 12.1 Å². The first-order chi connectivity index (χ1) is 8.25. The molecule has 0 heterocycles. The zero-order valence-electron chi connectivity index (χ0n) is 10.7. The van der Waals surface area contributed by atoms with E-state index in [-0.39, 0.29) is 61.8 Å². The molecule has 0 atom stereocenters. The Kier molecular flexibility index (Phi) is 12.8. The van der Waals surface area contributed by atoms with Crippen molar-refractivity contribution in [1.29, 1.82) is 0 Å². The van der Waals surface area contributed by atoms with Gasteiger partial charge in [-0.05, 0) is 0 Å². The molecule has 2 rings (SSSR count). The Balaban J connectivity index is -0.000000270. The fourth-order valence-corrected chi connectivity index (χ4v) is 1.19. The second kappa shape index (κ2) is 10.5. The van der Waals surface area contributed by atoms with Crippen LogP contribution in [0.1, 0.15) is 11.1 Å². The fourth-order valence-electron chi connectivity index (χ4n) is 1.19. The third kappa shape index (κ3) is 6.16. The molecule has 0 nitrogen and oxygen atoms in total. The van der Waals surface area contributed by atoms with Crippen LogP contribution in [0.2, 0.25) is 0 Å². The first kappa shape index (κ1) is 25.7. The number of rotatable bonds is 0. The van der Waals surface area contributed by atoms with E-state index in [2.05, 4.69) is 0 Å². The molecule has 0 bridgehead atoms. The summed E-state index contributed by atoms with van der Waals surface area (Å²) >= 11 is 0. The van der Waals surface area contributed by atoms with Crippen molar-refractivity contribution < 1.29 is 77.0 Å². The molecule has 0 radical (unpaired) electrons. The minimum Gasteiger partial charge on any atom is -1.00 e. The van der Waals surface area contributed by atoms with Gasteiger partial charge in [0.15, 0.2) is 0 Å². The van der Waals surface area contributed by atoms with Crippen molar-refractivity contribution in [3.05, 3.63) is 58.2 Å². The van der Waals surface area contributed by atoms with E-state index >= 15 is 0 Å². The van der Waals surface area contributed by atoms with Gasteiger partial charge in [-0.15, -0.1) is 23.3 Å². The van der Waals surface area contributed by atoms with Gasteiger partial charge in [-0.25, -0.2) is 8.78 Å². The molecule has 2 aromatic rings. The molecule has 116 valence electrons. The maximum Gasteiger partial charge on any atom is 4.00 e. The van der Waals surface area contributed by atoms with Gasteiger partial charge in [-0.3, -0.25) is 17.6 Å². The largest absolute Gasteiger partial charge is 4.00 e. The smallest absolute Gasteiger partial charge is 1.00 e. The van der Waals surface area contributed by atoms with Crippen LogP contribution in [0, 0.1) is 48.8 Å². The molecule has 0 unspecified atom stereocenters. The first-order valence-corrected chi connectivity index (χ1v) is 4.79. The molecule has 0 spiro atoms. The molecule has 0 aromatic heterocycles. The van der Waals surface area contributed by atoms with E-state index in [9.17, 15) is 26.3 Å². The molecule has 9 heteroatoms. The van der Waals surface area contributed by atoms with Crippen LogP contribution in [0.4, 0.5) is 26.3 Å². The molecule has 0 aliphatic heterocycles. The van der Waals surface area contributed by atoms with Gasteiger partial charge in [0.05, 0.1) is 0 Å². The van der Waals surface area contributed by atoms with Crippen LogP contribution >= 0.6 is 0 Å². The molecular weight excluding hydrogens is 508 g/mol. The van der Waals surface area contributed by atoms with Gasteiger partial charge in [0, 0.05) is 34.9 Å². The summed E-state index contributed by atoms with van der Waals surface area (Å²) in [6.45, 7) is 2.61. The topological polar surface area (TPSA) is 0 Å². The van der Waals surface area contributed by atoms with Gasteiger partial charge >= 0.3 is 25.8 Å². The zero-order valence-corrected chi connectivity index (χ0v) is 15.8. The Hall–Kier alpha value is -0.270. The maximum atomic E-state index is 12.1. The Morgan fingerprint density at radius 3 is 0.952 bits per heavy atom. The third-order valence-electron chi connectivity index (χ3n) is 2.18. The number of halogens is 8. The second-order valence-corrected chi connectivity index (χ2v) is 3.61. The third-order valence-corrected chi connectivity index (χ3v) is 2.18. The summed E-state index contributed by atoms with van der Waals surface area (Å²) in [6, 6.07) is 1.65. The monoisotopic (exact) mass is 516 g/mol. The van der Waals surface area contributed by atoms with E-state index in [4.69, 9.17) is 0 Å². The Labute approximate surface area is 148 Å². The minimum atomic E-state index is -1.38. The SMILES string of the molecule is C[c-]1cc(F)c(F)c1F.C[c-]1cc(F)c(F)c1F.[Cl-].[Cl-].[Hf+4]. The number of hydrogen-bond acceptors (Lipinski definition) is 0. The van der Waals surface area contributed by atoms with Crippen LogP contribution in [0.5, 0.6) is 0 Å². The summed E-state index contributed by atoms with van der Waals surface area (Å²) in [5.74, 6) is -7.19. The molecule has 0 fully saturated rings. The fraction of sp³-hybridized carbons (Fsp3) is 0.167. The van der Waals surface area contributed by atoms with Gasteiger partial charge in [0.25, 0.3) is 0 Å². The molecule has 2 aromatic carbocycles. The Morgan fingerprint density at radius 1 is 0.667 bits per heavy atom. The Bertz CT molecular complexity index is 469. The van der Waals surface area contributed by atoms with E-state index in [1.54, 1.807) is 0 Å². The van der Waals surface area contributed by atoms with Crippen molar-refractivity contribution in [2.24, 2.45) is 0 Å². The van der Waals surface area contributed by atoms with E-state index in [1.165, 1.54) is 13.8 Å². The van der Waals surface area contributed by atoms with Crippen molar-refractivity contribution in [2.75, 3.05) is 0 Å². The van der Waals surface area contributed by atoms with E-state index in [0.29, 0.717) is 0 Å². The van der Waals surface area contributed by atoms with Gasteiger partial charge < -0.3 is 24.8 Å². The average molecular weight is 516 g/mol. The summed E-state index contributed by atoms with van der Waals surface area (Å²) in [5.41, 5.74) is 0.00926. The van der Waals surface area contributed by atoms with E-state index < -0.39 is 34.9 Å². The molecule has 21 heavy (non-hydrogen) atoms. The van der Waals surface area contributed by atoms with Gasteiger partial charge in [-0.2, -0.15) is 0 Å². The molecule has 0 aliphatic carbocycles. The summed E-state index contributed by atoms with van der Waals surface area (Å²) < 4.78 is 72.2. The Morgan fingerprint density at radius 2 is 0.905 bits per heavy atom. The van der Waals surface area contributed by atoms with Crippen LogP contribution in [0.15, 0.2) is 12.1 Å². The maximum absolute atomic E-state index is 12.1. The predicted molar refractivity (Wildman–Crippen MR) is 53.3 cm³/mol. The molecule has 0 amide bonds. The van der Waals surface area contributed by atoms with Gasteiger partial charge in [-0.1, -0.05) is 13.8 Å². The van der Waals surface area contributed by atoms with Crippen LogP contribution in [-0.2, 0) is 25.8 Å². The summed E-state index contributed by atoms with van der Waals surface area (Å²) in [5, 5.41) is 0. The molecular formula is C12H8Cl2F6Hf. The summed E-state index contributed by atoms with van der Waals surface area (Å²) in [7, 11) is 0. The van der Waals surface area contributed by atoms with Crippen molar-refractivity contribution in [3.8, 4) is 0 Å². The zero-order chi connectivity index (χ0) is 14.0. The van der Waals surface area contributed by atoms with Crippen LogP contribution in [0.25, 0.3) is 0 Å². The van der Waals surface area contributed by atoms with Crippen LogP contribution in [0.3, 0.4) is 0 Å². The van der Waals surface area contributed by atoms with Crippen molar-refractivity contribution in [3.63, 3.8) is 0 Å². The van der Waals surface area contributed by atoms with Crippen LogP contribution in [-0.4, -0.2) is 0 Å². The number of aryl methyl sites for hydroxylation is 2. The van der Waals surface area contributed by atoms with E-state index in [1.807, 2.05) is 0 Å². The summed E-state index contributed by atoms with van der Waals surface area (Å²) in [6.07, 6.45) is 0. The van der Waals surface area contributed by atoms with Gasteiger partial charge in [0.2, 0.25) is 0 Å². The quantitative estimate of drug-likeness (QED) is 0.222. The average Bonchev–Trinajstić information content (AvgIpc) is 2.66. The molecule has 0 N–H and O–H groups in total. The first-order valence-electron chi connectivity index (χ1n) is 4.79. The number of hydrogen-bond donors (Lipinski definition) is 0. The van der Waals surface area contributed by atoms with Crippen LogP contribution < -0.4 is 24.8 Å². The standard InChI is InChI=1S/2C6H4F3.2ClH.Hf/c2*1-3-2-4(7)6(9)5(3)8;;;/h2*2H,1H3;2*1H;/q2*-1;;;+4/p-2. The summed E-state index contributed by atoms with van der Waals surface area (Å²) in [4.78, 5) is 0. The predicted octanol–water partition coefficient (Wildman–Crippen LogP) is -1.73. The second-order valence-electron chi connectivity index (χ2n) is 3.61. The van der Waals surface area contributed by atoms with Crippen molar-refractivity contribution in [1.82, 2.24) is 0 Å². The molecule has 0 saturated heterocycles. The normalized spacial score (nSPS) is 8.76. The van der Waals surface area contributed by atoms with Crippen molar-refractivity contribution in [2.45, 2.75) is 13.8 Å². The van der Waals surface area contributed by atoms with Crippen molar-refractivity contribution >= 4 is 0 Å². The van der Waals surface area contributed by atoms with Gasteiger partial charge in [0.1, 0.15) is 0 Å². The minimum absolute atomic E-state index is 0. The molecule has 0 aliphatic rings. The molecule has 0 saturated carbocycles.